The van der Waals surface area contributed by atoms with Gasteiger partial charge in [0, 0.05) is 11.4 Å². The molecular weight excluding hydrogens is 313 g/mol. The van der Waals surface area contributed by atoms with Crippen LogP contribution in [0.4, 0.5) is 17.1 Å². The Morgan fingerprint density at radius 3 is 2.14 bits per heavy atom. The second kappa shape index (κ2) is 4.65. The summed E-state index contributed by atoms with van der Waals surface area (Å²) in [6.45, 7) is 0. The van der Waals surface area contributed by atoms with Crippen LogP contribution in [-0.2, 0) is 0 Å². The molecule has 2 aromatic carbocycles. The van der Waals surface area contributed by atoms with Gasteiger partial charge >= 0.3 is 0 Å². The minimum atomic E-state index is -0.554. The lowest BCUT2D eigenvalue weighted by molar-refractivity contribution is 0.0926. The van der Waals surface area contributed by atoms with Crippen LogP contribution in [-0.4, -0.2) is 11.8 Å². The molecule has 0 aliphatic carbocycles. The summed E-state index contributed by atoms with van der Waals surface area (Å²) in [4.78, 5) is 25.9. The van der Waals surface area contributed by atoms with Crippen molar-refractivity contribution in [1.29, 1.82) is 0 Å². The number of rotatable bonds is 1. The highest BCUT2D eigenvalue weighted by Gasteiger charge is 2.40. The zero-order valence-electron chi connectivity index (χ0n) is 10.6. The summed E-state index contributed by atoms with van der Waals surface area (Å²) < 4.78 is 0. The zero-order valence-corrected chi connectivity index (χ0v) is 12.1. The quantitative estimate of drug-likeness (QED) is 0.624. The van der Waals surface area contributed by atoms with Gasteiger partial charge in [-0.1, -0.05) is 29.3 Å². The molecule has 1 aliphatic rings. The summed E-state index contributed by atoms with van der Waals surface area (Å²) in [5, 5.41) is 0.237. The lowest BCUT2D eigenvalue weighted by atomic mass is 10.1. The number of nitrogen functional groups attached to an aromatic ring is 2. The molecule has 7 heteroatoms. The van der Waals surface area contributed by atoms with Crippen LogP contribution in [0.3, 0.4) is 0 Å². The van der Waals surface area contributed by atoms with Crippen LogP contribution in [0, 0.1) is 0 Å². The first-order valence-electron chi connectivity index (χ1n) is 5.93. The predicted molar refractivity (Wildman–Crippen MR) is 82.9 cm³/mol. The van der Waals surface area contributed by atoms with Gasteiger partial charge in [-0.15, -0.1) is 0 Å². The highest BCUT2D eigenvalue weighted by Crippen LogP contribution is 2.40. The van der Waals surface area contributed by atoms with Crippen LogP contribution in [0.1, 0.15) is 20.7 Å². The van der Waals surface area contributed by atoms with E-state index in [0.717, 1.165) is 4.90 Å². The molecule has 0 fully saturated rings. The molecule has 0 atom stereocenters. The molecule has 0 aromatic heterocycles. The van der Waals surface area contributed by atoms with E-state index in [2.05, 4.69) is 0 Å². The number of hydrogen-bond donors (Lipinski definition) is 2. The summed E-state index contributed by atoms with van der Waals surface area (Å²) in [5.41, 5.74) is 12.5. The molecule has 4 N–H and O–H groups in total. The van der Waals surface area contributed by atoms with Gasteiger partial charge in [-0.2, -0.15) is 0 Å². The lowest BCUT2D eigenvalue weighted by Gasteiger charge is -2.17. The van der Waals surface area contributed by atoms with Crippen molar-refractivity contribution in [3.8, 4) is 0 Å². The molecule has 2 amide bonds. The number of carbonyl (C=O) groups is 2. The zero-order chi connectivity index (χ0) is 15.3. The molecule has 0 spiro atoms. The van der Waals surface area contributed by atoms with Crippen LogP contribution in [0.2, 0.25) is 10.0 Å². The fourth-order valence-corrected chi connectivity index (χ4v) is 2.99. The Hall–Kier alpha value is -2.24. The Bertz CT molecular complexity index is 782. The fraction of sp³-hybridized carbons (Fsp3) is 0. The Morgan fingerprint density at radius 2 is 1.57 bits per heavy atom. The highest BCUT2D eigenvalue weighted by molar-refractivity contribution is 6.45. The second-order valence-electron chi connectivity index (χ2n) is 4.55. The smallest absolute Gasteiger partial charge is 0.268 e. The second-order valence-corrected chi connectivity index (χ2v) is 5.36. The molecule has 5 nitrogen and oxygen atoms in total. The van der Waals surface area contributed by atoms with E-state index in [-0.39, 0.29) is 32.5 Å². The minimum Gasteiger partial charge on any atom is -0.399 e. The van der Waals surface area contributed by atoms with Crippen LogP contribution in [0.25, 0.3) is 0 Å². The van der Waals surface area contributed by atoms with Gasteiger partial charge in [-0.05, 0) is 24.3 Å². The number of fused-ring (bicyclic) bond motifs is 1. The average molecular weight is 322 g/mol. The van der Waals surface area contributed by atoms with Gasteiger partial charge in [0.25, 0.3) is 11.8 Å². The summed E-state index contributed by atoms with van der Waals surface area (Å²) in [7, 11) is 0. The number of halogens is 2. The maximum absolute atomic E-state index is 12.5. The van der Waals surface area contributed by atoms with Crippen molar-refractivity contribution >= 4 is 52.1 Å². The van der Waals surface area contributed by atoms with Crippen molar-refractivity contribution in [2.45, 2.75) is 0 Å². The van der Waals surface area contributed by atoms with Crippen molar-refractivity contribution in [2.75, 3.05) is 16.4 Å². The molecule has 0 unspecified atom stereocenters. The van der Waals surface area contributed by atoms with Gasteiger partial charge < -0.3 is 11.5 Å². The number of hydrogen-bond acceptors (Lipinski definition) is 4. The first kappa shape index (κ1) is 13.7. The Morgan fingerprint density at radius 1 is 0.952 bits per heavy atom. The Labute approximate surface area is 130 Å². The lowest BCUT2D eigenvalue weighted by Crippen LogP contribution is -2.30. The summed E-state index contributed by atoms with van der Waals surface area (Å²) in [6.07, 6.45) is 0. The number of carbonyl (C=O) groups excluding carboxylic acids is 2. The largest absolute Gasteiger partial charge is 0.399 e. The Balaban J connectivity index is 2.22. The van der Waals surface area contributed by atoms with Crippen molar-refractivity contribution in [3.05, 3.63) is 51.5 Å². The van der Waals surface area contributed by atoms with Crippen LogP contribution >= 0.6 is 23.2 Å². The van der Waals surface area contributed by atoms with Crippen molar-refractivity contribution in [1.82, 2.24) is 0 Å². The van der Waals surface area contributed by atoms with E-state index in [1.165, 1.54) is 18.2 Å². The van der Waals surface area contributed by atoms with Crippen molar-refractivity contribution in [3.63, 3.8) is 0 Å². The number of nitrogens with two attached hydrogens (primary N) is 2. The van der Waals surface area contributed by atoms with E-state index in [9.17, 15) is 9.59 Å². The molecule has 106 valence electrons. The highest BCUT2D eigenvalue weighted by atomic mass is 35.5. The van der Waals surface area contributed by atoms with Gasteiger partial charge in [-0.3, -0.25) is 9.59 Å². The predicted octanol–water partition coefficient (Wildman–Crippen LogP) is 2.96. The molecule has 0 saturated heterocycles. The molecule has 0 bridgehead atoms. The van der Waals surface area contributed by atoms with Gasteiger partial charge in [0.05, 0.1) is 26.9 Å². The first-order valence-corrected chi connectivity index (χ1v) is 6.69. The van der Waals surface area contributed by atoms with E-state index >= 15 is 0 Å². The number of anilines is 3. The van der Waals surface area contributed by atoms with E-state index in [0.29, 0.717) is 5.69 Å². The van der Waals surface area contributed by atoms with Crippen LogP contribution in [0.5, 0.6) is 0 Å². The molecule has 0 radical (unpaired) electrons. The summed E-state index contributed by atoms with van der Waals surface area (Å²) >= 11 is 12.2. The first-order chi connectivity index (χ1) is 9.91. The number of imide groups is 1. The van der Waals surface area contributed by atoms with Gasteiger partial charge in [0.15, 0.2) is 0 Å². The van der Waals surface area contributed by atoms with Crippen molar-refractivity contribution < 1.29 is 9.59 Å². The van der Waals surface area contributed by atoms with E-state index in [1.54, 1.807) is 12.1 Å². The third-order valence-electron chi connectivity index (χ3n) is 3.21. The molecule has 3 rings (SSSR count). The van der Waals surface area contributed by atoms with Crippen LogP contribution < -0.4 is 16.4 Å². The Kier molecular flexibility index (Phi) is 3.04. The van der Waals surface area contributed by atoms with E-state index in [4.69, 9.17) is 34.7 Å². The van der Waals surface area contributed by atoms with Gasteiger partial charge in [0.2, 0.25) is 0 Å². The maximum atomic E-state index is 12.5. The fourth-order valence-electron chi connectivity index (χ4n) is 2.31. The monoisotopic (exact) mass is 321 g/mol. The number of nitrogens with zero attached hydrogens (tertiary/aromatic N) is 1. The normalized spacial score (nSPS) is 13.7. The minimum absolute atomic E-state index is 0.109. The third kappa shape index (κ3) is 1.93. The third-order valence-corrected chi connectivity index (χ3v) is 3.79. The van der Waals surface area contributed by atoms with E-state index < -0.39 is 11.8 Å². The standard InChI is InChI=1S/C14H9Cl2N3O2/c15-8-4-6(17)5-9(16)12(8)19-13(20)7-2-1-3-10(18)11(7)14(19)21/h1-5H,17-18H2. The van der Waals surface area contributed by atoms with Gasteiger partial charge in [0.1, 0.15) is 0 Å². The van der Waals surface area contributed by atoms with Crippen LogP contribution in [0.15, 0.2) is 30.3 Å². The molecule has 1 heterocycles. The maximum Gasteiger partial charge on any atom is 0.268 e. The van der Waals surface area contributed by atoms with Gasteiger partial charge in [-0.25, -0.2) is 4.90 Å². The topological polar surface area (TPSA) is 89.4 Å². The molecule has 21 heavy (non-hydrogen) atoms. The molecule has 2 aromatic rings. The van der Waals surface area contributed by atoms with E-state index in [1.807, 2.05) is 0 Å². The summed E-state index contributed by atoms with van der Waals surface area (Å²) in [6, 6.07) is 7.55. The molecule has 1 aliphatic heterocycles. The number of benzene rings is 2. The number of amides is 2. The SMILES string of the molecule is Nc1cc(Cl)c(N2C(=O)c3cccc(N)c3C2=O)c(Cl)c1. The van der Waals surface area contributed by atoms with Crippen molar-refractivity contribution in [2.24, 2.45) is 0 Å². The molecule has 0 saturated carbocycles. The molecular formula is C14H9Cl2N3O2. The average Bonchev–Trinajstić information content (AvgIpc) is 2.64. The summed E-state index contributed by atoms with van der Waals surface area (Å²) in [5.74, 6) is -1.07.